The van der Waals surface area contributed by atoms with Crippen LogP contribution in [0.5, 0.6) is 0 Å². The van der Waals surface area contributed by atoms with Gasteiger partial charge in [-0.05, 0) is 12.8 Å². The van der Waals surface area contributed by atoms with Crippen LogP contribution in [0.25, 0.3) is 0 Å². The Morgan fingerprint density at radius 3 is 2.53 bits per heavy atom. The van der Waals surface area contributed by atoms with E-state index in [1.165, 1.54) is 4.90 Å². The summed E-state index contributed by atoms with van der Waals surface area (Å²) in [6, 6.07) is -0.0277. The molecule has 1 aliphatic rings. The van der Waals surface area contributed by atoms with Gasteiger partial charge in [0.15, 0.2) is 0 Å². The summed E-state index contributed by atoms with van der Waals surface area (Å²) in [5.41, 5.74) is 0. The van der Waals surface area contributed by atoms with Gasteiger partial charge in [-0.2, -0.15) is 13.2 Å². The van der Waals surface area contributed by atoms with Gasteiger partial charge in [0.1, 0.15) is 6.54 Å². The van der Waals surface area contributed by atoms with Crippen molar-refractivity contribution < 1.29 is 23.1 Å². The van der Waals surface area contributed by atoms with Crippen LogP contribution in [0.15, 0.2) is 0 Å². The molecular formula is C8H8F3N3O2S. The van der Waals surface area contributed by atoms with Crippen molar-refractivity contribution in [3.8, 4) is 0 Å². The topological polar surface area (TPSA) is 66.3 Å². The Kier molecular flexibility index (Phi) is 2.94. The van der Waals surface area contributed by atoms with Crippen molar-refractivity contribution in [2.45, 2.75) is 25.1 Å². The molecule has 0 atom stereocenters. The molecule has 1 aromatic rings. The van der Waals surface area contributed by atoms with E-state index in [9.17, 15) is 18.0 Å². The third kappa shape index (κ3) is 2.84. The number of halogens is 3. The average Bonchev–Trinajstić information content (AvgIpc) is 2.89. The number of aromatic nitrogens is 2. The molecule has 0 aliphatic heterocycles. The van der Waals surface area contributed by atoms with Gasteiger partial charge in [-0.25, -0.2) is 0 Å². The summed E-state index contributed by atoms with van der Waals surface area (Å²) < 4.78 is 37.0. The van der Waals surface area contributed by atoms with Crippen LogP contribution in [0.1, 0.15) is 17.8 Å². The van der Waals surface area contributed by atoms with Crippen LogP contribution in [0.4, 0.5) is 18.3 Å². The third-order valence-corrected chi connectivity index (χ3v) is 3.20. The Hall–Kier alpha value is -1.38. The van der Waals surface area contributed by atoms with Crippen molar-refractivity contribution in [2.75, 3.05) is 11.4 Å². The van der Waals surface area contributed by atoms with E-state index in [4.69, 9.17) is 5.11 Å². The highest BCUT2D eigenvalue weighted by molar-refractivity contribution is 7.15. The van der Waals surface area contributed by atoms with E-state index in [1.807, 2.05) is 0 Å². The van der Waals surface area contributed by atoms with Gasteiger partial charge in [-0.1, -0.05) is 11.3 Å². The number of carboxylic acid groups (broad SMARTS) is 1. The third-order valence-electron chi connectivity index (χ3n) is 2.20. The van der Waals surface area contributed by atoms with Crippen LogP contribution in [0.2, 0.25) is 0 Å². The molecule has 2 rings (SSSR count). The van der Waals surface area contributed by atoms with Crippen molar-refractivity contribution in [1.29, 1.82) is 0 Å². The van der Waals surface area contributed by atoms with Crippen molar-refractivity contribution in [3.63, 3.8) is 0 Å². The van der Waals surface area contributed by atoms with Crippen LogP contribution >= 0.6 is 11.3 Å². The number of anilines is 1. The fraction of sp³-hybridized carbons (Fsp3) is 0.625. The highest BCUT2D eigenvalue weighted by Crippen LogP contribution is 2.37. The average molecular weight is 267 g/mol. The second kappa shape index (κ2) is 4.13. The molecule has 1 aromatic heterocycles. The molecule has 1 heterocycles. The van der Waals surface area contributed by atoms with E-state index in [-0.39, 0.29) is 17.7 Å². The first-order valence-corrected chi connectivity index (χ1v) is 5.58. The standard InChI is InChI=1S/C8H8F3N3O2S/c9-8(10,11)6-12-13-7(17-6)14(3-5(15)16)4-1-2-4/h4H,1-3H2,(H,15,16). The van der Waals surface area contributed by atoms with Gasteiger partial charge in [0.05, 0.1) is 0 Å². The fourth-order valence-corrected chi connectivity index (χ4v) is 2.11. The first-order chi connectivity index (χ1) is 7.88. The minimum Gasteiger partial charge on any atom is -0.480 e. The number of rotatable bonds is 4. The van der Waals surface area contributed by atoms with Crippen LogP contribution in [0.3, 0.4) is 0 Å². The van der Waals surface area contributed by atoms with Crippen LogP contribution < -0.4 is 4.90 Å². The summed E-state index contributed by atoms with van der Waals surface area (Å²) >= 11 is 0.374. The lowest BCUT2D eigenvalue weighted by Crippen LogP contribution is -2.31. The fourth-order valence-electron chi connectivity index (χ4n) is 1.33. The van der Waals surface area contributed by atoms with Crippen molar-refractivity contribution in [3.05, 3.63) is 5.01 Å². The lowest BCUT2D eigenvalue weighted by atomic mass is 10.5. The molecule has 5 nitrogen and oxygen atoms in total. The molecule has 0 spiro atoms. The number of hydrogen-bond acceptors (Lipinski definition) is 5. The summed E-state index contributed by atoms with van der Waals surface area (Å²) in [7, 11) is 0. The molecule has 1 N–H and O–H groups in total. The lowest BCUT2D eigenvalue weighted by molar-refractivity contribution is -0.138. The molecule has 94 valence electrons. The molecule has 1 saturated carbocycles. The van der Waals surface area contributed by atoms with E-state index < -0.39 is 17.2 Å². The van der Waals surface area contributed by atoms with Gasteiger partial charge in [0, 0.05) is 6.04 Å². The second-order valence-corrected chi connectivity index (χ2v) is 4.60. The molecule has 1 aliphatic carbocycles. The Morgan fingerprint density at radius 1 is 1.47 bits per heavy atom. The Morgan fingerprint density at radius 2 is 2.12 bits per heavy atom. The largest absolute Gasteiger partial charge is 0.480 e. The predicted octanol–water partition coefficient (Wildman–Crippen LogP) is 1.61. The molecule has 1 fully saturated rings. The summed E-state index contributed by atoms with van der Waals surface area (Å²) in [5, 5.41) is 14.1. The highest BCUT2D eigenvalue weighted by Gasteiger charge is 2.38. The smallest absolute Gasteiger partial charge is 0.445 e. The molecule has 0 amide bonds. The van der Waals surface area contributed by atoms with Gasteiger partial charge in [0.25, 0.3) is 0 Å². The Balaban J connectivity index is 2.18. The number of carbonyl (C=O) groups is 1. The van der Waals surface area contributed by atoms with Gasteiger partial charge >= 0.3 is 12.1 Å². The van der Waals surface area contributed by atoms with Crippen LogP contribution in [0, 0.1) is 0 Å². The highest BCUT2D eigenvalue weighted by atomic mass is 32.1. The first-order valence-electron chi connectivity index (χ1n) is 4.77. The predicted molar refractivity (Wildman–Crippen MR) is 52.9 cm³/mol. The number of hydrogen-bond donors (Lipinski definition) is 1. The van der Waals surface area contributed by atoms with E-state index in [0.29, 0.717) is 11.3 Å². The van der Waals surface area contributed by atoms with E-state index >= 15 is 0 Å². The first kappa shape index (κ1) is 12.1. The maximum Gasteiger partial charge on any atom is 0.445 e. The molecular weight excluding hydrogens is 259 g/mol. The Bertz CT molecular complexity index is 430. The quantitative estimate of drug-likeness (QED) is 0.897. The van der Waals surface area contributed by atoms with Gasteiger partial charge in [0.2, 0.25) is 10.1 Å². The zero-order chi connectivity index (χ0) is 12.6. The van der Waals surface area contributed by atoms with Gasteiger partial charge < -0.3 is 10.0 Å². The van der Waals surface area contributed by atoms with Crippen molar-refractivity contribution in [2.24, 2.45) is 0 Å². The number of alkyl halides is 3. The zero-order valence-corrected chi connectivity index (χ0v) is 9.25. The van der Waals surface area contributed by atoms with Crippen LogP contribution in [-0.2, 0) is 11.0 Å². The van der Waals surface area contributed by atoms with E-state index in [2.05, 4.69) is 10.2 Å². The van der Waals surface area contributed by atoms with Crippen molar-refractivity contribution >= 4 is 22.4 Å². The molecule has 0 saturated heterocycles. The number of aliphatic carboxylic acids is 1. The monoisotopic (exact) mass is 267 g/mol. The molecule has 17 heavy (non-hydrogen) atoms. The summed E-state index contributed by atoms with van der Waals surface area (Å²) in [4.78, 5) is 12.0. The maximum atomic E-state index is 12.3. The van der Waals surface area contributed by atoms with Crippen molar-refractivity contribution in [1.82, 2.24) is 10.2 Å². The van der Waals surface area contributed by atoms with E-state index in [0.717, 1.165) is 12.8 Å². The molecule has 0 unspecified atom stereocenters. The normalized spacial score (nSPS) is 15.9. The van der Waals surface area contributed by atoms with Gasteiger partial charge in [-0.3, -0.25) is 4.79 Å². The summed E-state index contributed by atoms with van der Waals surface area (Å²) in [6.07, 6.45) is -2.99. The SMILES string of the molecule is O=C(O)CN(c1nnc(C(F)(F)F)s1)C1CC1. The molecule has 0 radical (unpaired) electrons. The molecule has 0 bridgehead atoms. The van der Waals surface area contributed by atoms with Gasteiger partial charge in [-0.15, -0.1) is 10.2 Å². The maximum absolute atomic E-state index is 12.3. The minimum atomic E-state index is -4.53. The summed E-state index contributed by atoms with van der Waals surface area (Å²) in [6.45, 7) is -0.350. The lowest BCUT2D eigenvalue weighted by Gasteiger charge is -2.17. The zero-order valence-electron chi connectivity index (χ0n) is 8.44. The van der Waals surface area contributed by atoms with Crippen LogP contribution in [-0.4, -0.2) is 33.9 Å². The number of nitrogens with zero attached hydrogens (tertiary/aromatic N) is 3. The molecule has 9 heteroatoms. The Labute approximate surface area is 97.9 Å². The molecule has 0 aromatic carbocycles. The second-order valence-electron chi connectivity index (χ2n) is 3.64. The number of carboxylic acids is 1. The summed E-state index contributed by atoms with van der Waals surface area (Å²) in [5.74, 6) is -1.10. The van der Waals surface area contributed by atoms with E-state index in [1.54, 1.807) is 0 Å². The minimum absolute atomic E-state index is 0.0159.